The van der Waals surface area contributed by atoms with E-state index in [2.05, 4.69) is 203 Å². The molecule has 6 nitrogen and oxygen atoms in total. The Balaban J connectivity index is 4.43. The molecule has 0 aromatic rings. The van der Waals surface area contributed by atoms with Gasteiger partial charge in [-0.05, 0) is 135 Å². The molecule has 0 saturated carbocycles. The van der Waals surface area contributed by atoms with Crippen LogP contribution in [0.25, 0.3) is 0 Å². The summed E-state index contributed by atoms with van der Waals surface area (Å²) in [4.78, 5) is 38.3. The van der Waals surface area contributed by atoms with E-state index in [0.29, 0.717) is 19.3 Å². The van der Waals surface area contributed by atoms with Gasteiger partial charge in [-0.25, -0.2) is 0 Å². The zero-order chi connectivity index (χ0) is 59.9. The van der Waals surface area contributed by atoms with Crippen molar-refractivity contribution < 1.29 is 28.6 Å². The summed E-state index contributed by atoms with van der Waals surface area (Å²) in [7, 11) is 0. The molecule has 1 unspecified atom stereocenters. The van der Waals surface area contributed by atoms with Gasteiger partial charge in [0.2, 0.25) is 0 Å². The Bertz CT molecular complexity index is 1940. The van der Waals surface area contributed by atoms with Crippen LogP contribution in [-0.2, 0) is 28.6 Å². The first kappa shape index (κ1) is 77.5. The van der Waals surface area contributed by atoms with Crippen molar-refractivity contribution in [2.45, 2.75) is 271 Å². The summed E-state index contributed by atoms with van der Waals surface area (Å²) in [6, 6.07) is 0. The second kappa shape index (κ2) is 69.0. The molecule has 0 aliphatic carbocycles. The second-order valence-electron chi connectivity index (χ2n) is 21.3. The monoisotopic (exact) mass is 1140 g/mol. The zero-order valence-electron chi connectivity index (χ0n) is 53.1. The molecule has 0 aromatic heterocycles. The molecule has 0 rings (SSSR count). The lowest BCUT2D eigenvalue weighted by atomic mass is 10.1. The summed E-state index contributed by atoms with van der Waals surface area (Å²) in [5, 5.41) is 0. The molecular weight excluding hydrogens is 1020 g/mol. The number of allylic oxidation sites excluding steroid dienone is 30. The van der Waals surface area contributed by atoms with Crippen LogP contribution >= 0.6 is 0 Å². The van der Waals surface area contributed by atoms with Gasteiger partial charge in [-0.1, -0.05) is 293 Å². The fourth-order valence-electron chi connectivity index (χ4n) is 8.51. The van der Waals surface area contributed by atoms with Crippen LogP contribution in [0.3, 0.4) is 0 Å². The van der Waals surface area contributed by atoms with Gasteiger partial charge in [0.1, 0.15) is 13.2 Å². The van der Waals surface area contributed by atoms with Crippen molar-refractivity contribution in [1.82, 2.24) is 0 Å². The third kappa shape index (κ3) is 67.2. The molecule has 464 valence electrons. The average molecular weight is 1140 g/mol. The molecule has 0 spiro atoms. The van der Waals surface area contributed by atoms with Crippen molar-refractivity contribution in [3.05, 3.63) is 182 Å². The first-order valence-electron chi connectivity index (χ1n) is 33.3. The SMILES string of the molecule is CC/C=C\C/C=C\C/C=C\C/C=C\C/C=C\C/C=C\C/C=C\C/C=C\CCCCCCCCC(=O)OCC(COC(=O)CCCCCCCCCCCCC)OC(=O)CCC/C=C\C/C=C\C/C=C\C/C=C\C/C=C\C/C=C\C/C=C\CC. The Kier molecular flexibility index (Phi) is 64.4. The summed E-state index contributed by atoms with van der Waals surface area (Å²) in [5.74, 6) is -0.994. The molecule has 0 fully saturated rings. The topological polar surface area (TPSA) is 78.9 Å². The van der Waals surface area contributed by atoms with Crippen LogP contribution in [0.15, 0.2) is 182 Å². The van der Waals surface area contributed by atoms with Gasteiger partial charge in [0, 0.05) is 19.3 Å². The van der Waals surface area contributed by atoms with E-state index in [1.807, 2.05) is 0 Å². The summed E-state index contributed by atoms with van der Waals surface area (Å²) in [6.45, 7) is 6.34. The second-order valence-corrected chi connectivity index (χ2v) is 21.3. The Morgan fingerprint density at radius 3 is 0.771 bits per heavy atom. The smallest absolute Gasteiger partial charge is 0.306 e. The van der Waals surface area contributed by atoms with E-state index in [1.54, 1.807) is 0 Å². The van der Waals surface area contributed by atoms with Gasteiger partial charge in [0.05, 0.1) is 0 Å². The minimum atomic E-state index is -0.824. The van der Waals surface area contributed by atoms with Crippen LogP contribution in [0, 0.1) is 0 Å². The van der Waals surface area contributed by atoms with Gasteiger partial charge in [0.15, 0.2) is 6.10 Å². The predicted molar refractivity (Wildman–Crippen MR) is 361 cm³/mol. The Hall–Kier alpha value is -5.49. The molecule has 6 heteroatoms. The maximum Gasteiger partial charge on any atom is 0.306 e. The highest BCUT2D eigenvalue weighted by Crippen LogP contribution is 2.14. The van der Waals surface area contributed by atoms with Crippen LogP contribution in [0.5, 0.6) is 0 Å². The Morgan fingerprint density at radius 1 is 0.253 bits per heavy atom. The maximum atomic E-state index is 12.9. The third-order valence-electron chi connectivity index (χ3n) is 13.4. The molecule has 0 amide bonds. The molecule has 0 aromatic carbocycles. The van der Waals surface area contributed by atoms with Crippen molar-refractivity contribution in [2.24, 2.45) is 0 Å². The number of esters is 3. The Labute approximate surface area is 510 Å². The predicted octanol–water partition coefficient (Wildman–Crippen LogP) is 23.2. The summed E-state index contributed by atoms with van der Waals surface area (Å²) in [5.41, 5.74) is 0. The molecule has 0 N–H and O–H groups in total. The minimum absolute atomic E-state index is 0.112. The van der Waals surface area contributed by atoms with Crippen LogP contribution < -0.4 is 0 Å². The highest BCUT2D eigenvalue weighted by molar-refractivity contribution is 5.71. The summed E-state index contributed by atoms with van der Waals surface area (Å²) < 4.78 is 16.8. The Morgan fingerprint density at radius 2 is 0.482 bits per heavy atom. The van der Waals surface area contributed by atoms with E-state index >= 15 is 0 Å². The van der Waals surface area contributed by atoms with Crippen LogP contribution in [0.2, 0.25) is 0 Å². The maximum absolute atomic E-state index is 12.9. The van der Waals surface area contributed by atoms with E-state index in [-0.39, 0.29) is 37.5 Å². The van der Waals surface area contributed by atoms with Gasteiger partial charge in [-0.15, -0.1) is 0 Å². The van der Waals surface area contributed by atoms with E-state index in [0.717, 1.165) is 154 Å². The molecule has 0 bridgehead atoms. The normalized spacial score (nSPS) is 13.3. The van der Waals surface area contributed by atoms with Crippen molar-refractivity contribution >= 4 is 17.9 Å². The van der Waals surface area contributed by atoms with E-state index in [4.69, 9.17) is 14.2 Å². The fraction of sp³-hybridized carbons (Fsp3) is 0.571. The van der Waals surface area contributed by atoms with E-state index in [9.17, 15) is 14.4 Å². The largest absolute Gasteiger partial charge is 0.462 e. The van der Waals surface area contributed by atoms with Crippen molar-refractivity contribution in [2.75, 3.05) is 13.2 Å². The lowest BCUT2D eigenvalue weighted by Gasteiger charge is -2.18. The number of ether oxygens (including phenoxy) is 3. The first-order valence-corrected chi connectivity index (χ1v) is 33.3. The van der Waals surface area contributed by atoms with Crippen molar-refractivity contribution in [3.63, 3.8) is 0 Å². The quantitative estimate of drug-likeness (QED) is 0.0261. The minimum Gasteiger partial charge on any atom is -0.462 e. The lowest BCUT2D eigenvalue weighted by Crippen LogP contribution is -2.30. The van der Waals surface area contributed by atoms with E-state index < -0.39 is 6.10 Å². The number of rotatable bonds is 58. The molecule has 0 aliphatic heterocycles. The average Bonchev–Trinajstić information content (AvgIpc) is 3.48. The van der Waals surface area contributed by atoms with Crippen molar-refractivity contribution in [1.29, 1.82) is 0 Å². The van der Waals surface area contributed by atoms with Gasteiger partial charge in [-0.2, -0.15) is 0 Å². The van der Waals surface area contributed by atoms with Crippen LogP contribution in [-0.4, -0.2) is 37.2 Å². The summed E-state index contributed by atoms with van der Waals surface area (Å²) in [6.07, 6.45) is 103. The highest BCUT2D eigenvalue weighted by atomic mass is 16.6. The third-order valence-corrected chi connectivity index (χ3v) is 13.4. The van der Waals surface area contributed by atoms with Gasteiger partial charge >= 0.3 is 17.9 Å². The number of hydrogen-bond donors (Lipinski definition) is 0. The number of carbonyl (C=O) groups excluding carboxylic acids is 3. The standard InChI is InChI=1S/C77H120O6/c1-4-7-10-13-16-19-22-24-26-28-30-32-34-35-36-37-38-39-40-41-43-44-46-48-50-52-55-58-61-64-67-70-76(79)82-73-74(72-81-75(78)69-66-63-60-57-54-21-18-15-12-9-6-3)83-77(80)71-68-65-62-59-56-53-51-49-47-45-42-33-31-29-27-25-23-20-17-14-11-8-5-2/h7-8,10-11,16-17,19-20,24-27,30-33,35-36,38-39,41,43,45-48,51,53,59,62,74H,4-6,9,12-15,18,21-23,28-29,34,37,40,42,44,49-50,52,54-58,60-61,63-73H2,1-3H3/b10-7-,11-8-,19-16-,20-17-,26-24-,27-25-,32-30-,33-31-,36-35-,39-38-,43-41-,47-45-,48-46-,53-51-,62-59-. The highest BCUT2D eigenvalue weighted by Gasteiger charge is 2.19. The van der Waals surface area contributed by atoms with Gasteiger partial charge in [0.25, 0.3) is 0 Å². The van der Waals surface area contributed by atoms with Crippen LogP contribution in [0.1, 0.15) is 265 Å². The molecule has 0 saturated heterocycles. The number of unbranched alkanes of at least 4 members (excludes halogenated alkanes) is 17. The molecular formula is C77H120O6. The van der Waals surface area contributed by atoms with Gasteiger partial charge in [-0.3, -0.25) is 14.4 Å². The molecule has 0 heterocycles. The van der Waals surface area contributed by atoms with Gasteiger partial charge < -0.3 is 14.2 Å². The number of hydrogen-bond acceptors (Lipinski definition) is 6. The molecule has 83 heavy (non-hydrogen) atoms. The van der Waals surface area contributed by atoms with E-state index in [1.165, 1.54) is 64.2 Å². The van der Waals surface area contributed by atoms with Crippen molar-refractivity contribution in [3.8, 4) is 0 Å². The lowest BCUT2D eigenvalue weighted by molar-refractivity contribution is -0.167. The zero-order valence-corrected chi connectivity index (χ0v) is 53.1. The fourth-order valence-corrected chi connectivity index (χ4v) is 8.51. The first-order chi connectivity index (χ1) is 41.0. The van der Waals surface area contributed by atoms with Crippen LogP contribution in [0.4, 0.5) is 0 Å². The number of carbonyl (C=O) groups is 3. The molecule has 0 radical (unpaired) electrons. The molecule has 1 atom stereocenters. The summed E-state index contributed by atoms with van der Waals surface area (Å²) >= 11 is 0. The molecule has 0 aliphatic rings.